The Hall–Kier alpha value is -2.38. The van der Waals surface area contributed by atoms with Gasteiger partial charge in [-0.25, -0.2) is 13.6 Å². The van der Waals surface area contributed by atoms with Crippen LogP contribution in [-0.2, 0) is 4.79 Å². The van der Waals surface area contributed by atoms with Crippen LogP contribution in [0.1, 0.15) is 12.8 Å². The number of nitrogens with zero attached hydrogens (tertiary/aromatic N) is 1. The Labute approximate surface area is 132 Å². The van der Waals surface area contributed by atoms with Crippen LogP contribution in [0.3, 0.4) is 0 Å². The fourth-order valence-corrected chi connectivity index (χ4v) is 2.46. The van der Waals surface area contributed by atoms with Crippen LogP contribution in [0, 0.1) is 17.6 Å². The molecule has 3 N–H and O–H groups in total. The molecule has 0 aromatic heterocycles. The van der Waals surface area contributed by atoms with Gasteiger partial charge in [0.25, 0.3) is 0 Å². The third kappa shape index (κ3) is 4.80. The topological polar surface area (TPSA) is 84.7 Å². The summed E-state index contributed by atoms with van der Waals surface area (Å²) < 4.78 is 31.2. The van der Waals surface area contributed by atoms with E-state index in [-0.39, 0.29) is 30.7 Å². The SMILES string of the molecule is NC(=O)N1CCC[C@H](C(=O)NCCOc2ccc(F)cc2F)C1. The predicted molar refractivity (Wildman–Crippen MR) is 78.7 cm³/mol. The third-order valence-electron chi connectivity index (χ3n) is 3.66. The van der Waals surface area contributed by atoms with Crippen LogP contribution in [0.25, 0.3) is 0 Å². The molecule has 1 aliphatic rings. The number of ether oxygens (including phenoxy) is 1. The summed E-state index contributed by atoms with van der Waals surface area (Å²) in [5, 5.41) is 2.67. The molecule has 0 aliphatic carbocycles. The summed E-state index contributed by atoms with van der Waals surface area (Å²) in [4.78, 5) is 24.6. The number of nitrogens with two attached hydrogens (primary N) is 1. The van der Waals surface area contributed by atoms with Gasteiger partial charge in [0.05, 0.1) is 12.5 Å². The highest BCUT2D eigenvalue weighted by Crippen LogP contribution is 2.18. The number of urea groups is 1. The zero-order chi connectivity index (χ0) is 16.8. The van der Waals surface area contributed by atoms with Gasteiger partial charge in [-0.15, -0.1) is 0 Å². The van der Waals surface area contributed by atoms with Gasteiger partial charge in [-0.3, -0.25) is 4.79 Å². The van der Waals surface area contributed by atoms with Crippen LogP contribution in [0.4, 0.5) is 13.6 Å². The second-order valence-electron chi connectivity index (χ2n) is 5.34. The van der Waals surface area contributed by atoms with E-state index in [1.807, 2.05) is 0 Å². The first-order valence-corrected chi connectivity index (χ1v) is 7.37. The lowest BCUT2D eigenvalue weighted by molar-refractivity contribution is -0.126. The number of hydrogen-bond acceptors (Lipinski definition) is 3. The molecule has 126 valence electrons. The summed E-state index contributed by atoms with van der Waals surface area (Å²) in [5.74, 6) is -2.05. The van der Waals surface area contributed by atoms with E-state index in [2.05, 4.69) is 5.32 Å². The molecule has 0 radical (unpaired) electrons. The van der Waals surface area contributed by atoms with E-state index in [0.29, 0.717) is 19.5 Å². The molecule has 2 rings (SSSR count). The molecule has 0 spiro atoms. The Kier molecular flexibility index (Phi) is 5.72. The summed E-state index contributed by atoms with van der Waals surface area (Å²) in [6.07, 6.45) is 1.40. The second kappa shape index (κ2) is 7.75. The van der Waals surface area contributed by atoms with Crippen LogP contribution in [0.2, 0.25) is 0 Å². The molecule has 1 aliphatic heterocycles. The summed E-state index contributed by atoms with van der Waals surface area (Å²) in [5.41, 5.74) is 5.21. The number of likely N-dealkylation sites (tertiary alicyclic amines) is 1. The molecule has 1 fully saturated rings. The van der Waals surface area contributed by atoms with Gasteiger partial charge in [0.15, 0.2) is 11.6 Å². The highest BCUT2D eigenvalue weighted by molar-refractivity contribution is 5.80. The lowest BCUT2D eigenvalue weighted by atomic mass is 9.97. The standard InChI is InChI=1S/C15H19F2N3O3/c16-11-3-4-13(12(17)8-11)23-7-5-19-14(21)10-2-1-6-20(9-10)15(18)22/h3-4,8,10H,1-2,5-7,9H2,(H2,18,22)(H,19,21)/t10-/m0/s1. The number of piperidine rings is 1. The molecule has 1 aromatic rings. The van der Waals surface area contributed by atoms with E-state index in [0.717, 1.165) is 18.6 Å². The summed E-state index contributed by atoms with van der Waals surface area (Å²) in [7, 11) is 0. The maximum atomic E-state index is 13.3. The first kappa shape index (κ1) is 17.0. The molecular formula is C15H19F2N3O3. The van der Waals surface area contributed by atoms with Crippen molar-refractivity contribution in [2.45, 2.75) is 12.8 Å². The van der Waals surface area contributed by atoms with E-state index >= 15 is 0 Å². The van der Waals surface area contributed by atoms with Gasteiger partial charge in [-0.05, 0) is 25.0 Å². The zero-order valence-corrected chi connectivity index (χ0v) is 12.6. The van der Waals surface area contributed by atoms with E-state index in [9.17, 15) is 18.4 Å². The van der Waals surface area contributed by atoms with Crippen molar-refractivity contribution in [3.8, 4) is 5.75 Å². The van der Waals surface area contributed by atoms with Crippen molar-refractivity contribution in [3.05, 3.63) is 29.8 Å². The summed E-state index contributed by atoms with van der Waals surface area (Å²) in [6.45, 7) is 1.10. The molecule has 1 atom stereocenters. The van der Waals surface area contributed by atoms with Gasteiger partial charge >= 0.3 is 6.03 Å². The Bertz CT molecular complexity index is 583. The normalized spacial score (nSPS) is 17.7. The molecular weight excluding hydrogens is 308 g/mol. The molecule has 1 saturated heterocycles. The van der Waals surface area contributed by atoms with Gasteiger partial charge in [0, 0.05) is 19.2 Å². The fraction of sp³-hybridized carbons (Fsp3) is 0.467. The fourth-order valence-electron chi connectivity index (χ4n) is 2.46. The van der Waals surface area contributed by atoms with Crippen molar-refractivity contribution in [1.29, 1.82) is 0 Å². The molecule has 0 saturated carbocycles. The van der Waals surface area contributed by atoms with Gasteiger partial charge in [-0.2, -0.15) is 0 Å². The number of amides is 3. The van der Waals surface area contributed by atoms with Crippen LogP contribution in [-0.4, -0.2) is 43.1 Å². The minimum Gasteiger partial charge on any atom is -0.489 e. The van der Waals surface area contributed by atoms with E-state index in [1.165, 1.54) is 11.0 Å². The lowest BCUT2D eigenvalue weighted by Gasteiger charge is -2.30. The van der Waals surface area contributed by atoms with Crippen LogP contribution < -0.4 is 15.8 Å². The van der Waals surface area contributed by atoms with Crippen molar-refractivity contribution < 1.29 is 23.1 Å². The van der Waals surface area contributed by atoms with Crippen LogP contribution in [0.5, 0.6) is 5.75 Å². The summed E-state index contributed by atoms with van der Waals surface area (Å²) in [6, 6.07) is 2.49. The van der Waals surface area contributed by atoms with Gasteiger partial charge in [0.2, 0.25) is 5.91 Å². The summed E-state index contributed by atoms with van der Waals surface area (Å²) >= 11 is 0. The largest absolute Gasteiger partial charge is 0.489 e. The maximum Gasteiger partial charge on any atom is 0.314 e. The number of rotatable bonds is 5. The van der Waals surface area contributed by atoms with Crippen molar-refractivity contribution >= 4 is 11.9 Å². The minimum absolute atomic E-state index is 0.0561. The van der Waals surface area contributed by atoms with Crippen molar-refractivity contribution in [1.82, 2.24) is 10.2 Å². The number of carbonyl (C=O) groups is 2. The number of hydrogen-bond donors (Lipinski definition) is 2. The molecule has 1 heterocycles. The van der Waals surface area contributed by atoms with E-state index < -0.39 is 17.7 Å². The number of carbonyl (C=O) groups excluding carboxylic acids is 2. The zero-order valence-electron chi connectivity index (χ0n) is 12.6. The number of benzene rings is 1. The molecule has 3 amide bonds. The van der Waals surface area contributed by atoms with Crippen LogP contribution >= 0.6 is 0 Å². The van der Waals surface area contributed by atoms with Crippen molar-refractivity contribution in [2.24, 2.45) is 11.7 Å². The second-order valence-corrected chi connectivity index (χ2v) is 5.34. The number of nitrogens with one attached hydrogen (secondary N) is 1. The average Bonchev–Trinajstić information content (AvgIpc) is 2.53. The number of primary amides is 1. The molecule has 8 heteroatoms. The Balaban J connectivity index is 1.73. The Morgan fingerprint density at radius 2 is 2.17 bits per heavy atom. The minimum atomic E-state index is -0.791. The van der Waals surface area contributed by atoms with Gasteiger partial charge < -0.3 is 20.7 Å². The van der Waals surface area contributed by atoms with Gasteiger partial charge in [-0.1, -0.05) is 0 Å². The first-order valence-electron chi connectivity index (χ1n) is 7.37. The first-order chi connectivity index (χ1) is 11.0. The smallest absolute Gasteiger partial charge is 0.314 e. The molecule has 23 heavy (non-hydrogen) atoms. The van der Waals surface area contributed by atoms with Crippen molar-refractivity contribution in [3.63, 3.8) is 0 Å². The lowest BCUT2D eigenvalue weighted by Crippen LogP contribution is -2.47. The molecule has 6 nitrogen and oxygen atoms in total. The quantitative estimate of drug-likeness (QED) is 0.798. The number of halogens is 2. The van der Waals surface area contributed by atoms with E-state index in [4.69, 9.17) is 10.5 Å². The Morgan fingerprint density at radius 3 is 2.87 bits per heavy atom. The maximum absolute atomic E-state index is 13.3. The van der Waals surface area contributed by atoms with E-state index in [1.54, 1.807) is 0 Å². The average molecular weight is 327 g/mol. The predicted octanol–water partition coefficient (Wildman–Crippen LogP) is 1.25. The Morgan fingerprint density at radius 1 is 1.39 bits per heavy atom. The highest BCUT2D eigenvalue weighted by Gasteiger charge is 2.27. The van der Waals surface area contributed by atoms with Crippen LogP contribution in [0.15, 0.2) is 18.2 Å². The van der Waals surface area contributed by atoms with Crippen molar-refractivity contribution in [2.75, 3.05) is 26.2 Å². The monoisotopic (exact) mass is 327 g/mol. The van der Waals surface area contributed by atoms with Gasteiger partial charge in [0.1, 0.15) is 12.4 Å². The third-order valence-corrected chi connectivity index (χ3v) is 3.66. The molecule has 1 aromatic carbocycles. The molecule has 0 unspecified atom stereocenters. The highest BCUT2D eigenvalue weighted by atomic mass is 19.1. The molecule has 0 bridgehead atoms.